The van der Waals surface area contributed by atoms with E-state index < -0.39 is 23.5 Å². The van der Waals surface area contributed by atoms with Crippen molar-refractivity contribution in [3.05, 3.63) is 59.5 Å². The summed E-state index contributed by atoms with van der Waals surface area (Å²) in [4.78, 5) is 15.0. The fourth-order valence-corrected chi connectivity index (χ4v) is 1.30. The summed E-state index contributed by atoms with van der Waals surface area (Å²) >= 11 is 0. The van der Waals surface area contributed by atoms with Crippen LogP contribution in [0.4, 0.5) is 19.0 Å². The lowest BCUT2D eigenvalue weighted by Gasteiger charge is -2.04. The lowest BCUT2D eigenvalue weighted by molar-refractivity contribution is 0.102. The molecule has 92 valence electrons. The number of pyridine rings is 1. The molecule has 18 heavy (non-hydrogen) atoms. The molecule has 6 heteroatoms. The maximum Gasteiger partial charge on any atom is 0.256 e. The predicted octanol–water partition coefficient (Wildman–Crippen LogP) is 2.75. The van der Waals surface area contributed by atoms with E-state index in [1.54, 1.807) is 0 Å². The maximum atomic E-state index is 12.9. The van der Waals surface area contributed by atoms with Crippen molar-refractivity contribution in [3.8, 4) is 0 Å². The zero-order valence-electron chi connectivity index (χ0n) is 8.95. The Morgan fingerprint density at radius 2 is 1.83 bits per heavy atom. The van der Waals surface area contributed by atoms with Gasteiger partial charge in [-0.2, -0.15) is 4.39 Å². The Balaban J connectivity index is 2.19. The van der Waals surface area contributed by atoms with E-state index in [1.165, 1.54) is 12.1 Å². The lowest BCUT2D eigenvalue weighted by atomic mass is 10.2. The minimum absolute atomic E-state index is 0.00951. The average molecular weight is 252 g/mol. The fraction of sp³-hybridized carbons (Fsp3) is 0. The van der Waals surface area contributed by atoms with E-state index in [4.69, 9.17) is 0 Å². The Labute approximate surface area is 100 Å². The van der Waals surface area contributed by atoms with Crippen LogP contribution in [0.2, 0.25) is 0 Å². The number of carbonyl (C=O) groups excluding carboxylic acids is 1. The van der Waals surface area contributed by atoms with E-state index in [1.807, 2.05) is 0 Å². The van der Waals surface area contributed by atoms with E-state index in [2.05, 4.69) is 10.3 Å². The number of nitrogens with zero attached hydrogens (tertiary/aromatic N) is 1. The number of rotatable bonds is 2. The van der Waals surface area contributed by atoms with Crippen LogP contribution >= 0.6 is 0 Å². The summed E-state index contributed by atoms with van der Waals surface area (Å²) in [5.41, 5.74) is -0.0834. The first-order valence-corrected chi connectivity index (χ1v) is 4.95. The van der Waals surface area contributed by atoms with Gasteiger partial charge < -0.3 is 5.32 Å². The highest BCUT2D eigenvalue weighted by atomic mass is 19.2. The van der Waals surface area contributed by atoms with Gasteiger partial charge in [0.1, 0.15) is 5.82 Å². The van der Waals surface area contributed by atoms with Gasteiger partial charge in [0, 0.05) is 5.56 Å². The van der Waals surface area contributed by atoms with Gasteiger partial charge >= 0.3 is 0 Å². The summed E-state index contributed by atoms with van der Waals surface area (Å²) in [6.45, 7) is 0. The van der Waals surface area contributed by atoms with Gasteiger partial charge in [0.15, 0.2) is 11.6 Å². The first-order valence-electron chi connectivity index (χ1n) is 4.95. The van der Waals surface area contributed by atoms with Crippen LogP contribution in [0, 0.1) is 17.6 Å². The fourth-order valence-electron chi connectivity index (χ4n) is 1.30. The molecule has 2 aromatic rings. The Hall–Kier alpha value is -2.37. The van der Waals surface area contributed by atoms with Gasteiger partial charge in [0.2, 0.25) is 5.95 Å². The number of hydrogen-bond acceptors (Lipinski definition) is 2. The van der Waals surface area contributed by atoms with Crippen LogP contribution in [0.3, 0.4) is 0 Å². The van der Waals surface area contributed by atoms with Crippen molar-refractivity contribution in [1.82, 2.24) is 4.98 Å². The highest BCUT2D eigenvalue weighted by Gasteiger charge is 2.10. The number of hydrogen-bond donors (Lipinski definition) is 1. The molecule has 0 unspecified atom stereocenters. The number of benzene rings is 1. The second kappa shape index (κ2) is 4.87. The normalized spacial score (nSPS) is 10.2. The molecule has 0 fully saturated rings. The van der Waals surface area contributed by atoms with Gasteiger partial charge in [0.25, 0.3) is 5.91 Å². The SMILES string of the molecule is O=C(Nc1cccc(F)n1)c1ccc(F)c(F)c1. The van der Waals surface area contributed by atoms with Crippen LogP contribution in [0.1, 0.15) is 10.4 Å². The molecule has 1 aromatic heterocycles. The molecular formula is C12H7F3N2O. The Morgan fingerprint density at radius 3 is 2.50 bits per heavy atom. The van der Waals surface area contributed by atoms with Gasteiger partial charge in [-0.15, -0.1) is 0 Å². The van der Waals surface area contributed by atoms with Gasteiger partial charge in [-0.1, -0.05) is 6.07 Å². The number of halogens is 3. The summed E-state index contributed by atoms with van der Waals surface area (Å²) in [5, 5.41) is 2.27. The second-order valence-corrected chi connectivity index (χ2v) is 3.43. The predicted molar refractivity (Wildman–Crippen MR) is 58.5 cm³/mol. The third-order valence-corrected chi connectivity index (χ3v) is 2.14. The molecule has 0 aliphatic rings. The minimum Gasteiger partial charge on any atom is -0.306 e. The third-order valence-electron chi connectivity index (χ3n) is 2.14. The molecule has 0 saturated carbocycles. The van der Waals surface area contributed by atoms with Gasteiger partial charge in [-0.05, 0) is 30.3 Å². The van der Waals surface area contributed by atoms with Crippen LogP contribution in [-0.2, 0) is 0 Å². The van der Waals surface area contributed by atoms with E-state index in [-0.39, 0.29) is 11.4 Å². The summed E-state index contributed by atoms with van der Waals surface area (Å²) in [5.74, 6) is -3.64. The van der Waals surface area contributed by atoms with Gasteiger partial charge in [0.05, 0.1) is 0 Å². The summed E-state index contributed by atoms with van der Waals surface area (Å²) in [7, 11) is 0. The molecule has 1 heterocycles. The third kappa shape index (κ3) is 2.65. The quantitative estimate of drug-likeness (QED) is 0.835. The summed E-state index contributed by atoms with van der Waals surface area (Å²) in [6, 6.07) is 6.57. The van der Waals surface area contributed by atoms with E-state index in [0.717, 1.165) is 24.3 Å². The number of anilines is 1. The van der Waals surface area contributed by atoms with Crippen molar-refractivity contribution in [2.45, 2.75) is 0 Å². The van der Waals surface area contributed by atoms with Crippen LogP contribution in [0.15, 0.2) is 36.4 Å². The number of nitrogens with one attached hydrogen (secondary N) is 1. The first-order chi connectivity index (χ1) is 8.56. The Morgan fingerprint density at radius 1 is 1.06 bits per heavy atom. The number of aromatic nitrogens is 1. The smallest absolute Gasteiger partial charge is 0.256 e. The van der Waals surface area contributed by atoms with Crippen molar-refractivity contribution in [2.24, 2.45) is 0 Å². The minimum atomic E-state index is -1.13. The molecule has 2 rings (SSSR count). The van der Waals surface area contributed by atoms with Crippen LogP contribution < -0.4 is 5.32 Å². The molecule has 0 atom stereocenters. The largest absolute Gasteiger partial charge is 0.306 e. The van der Waals surface area contributed by atoms with E-state index >= 15 is 0 Å². The number of amides is 1. The van der Waals surface area contributed by atoms with E-state index in [9.17, 15) is 18.0 Å². The molecule has 3 nitrogen and oxygen atoms in total. The van der Waals surface area contributed by atoms with Crippen molar-refractivity contribution < 1.29 is 18.0 Å². The van der Waals surface area contributed by atoms with Gasteiger partial charge in [-0.3, -0.25) is 4.79 Å². The van der Waals surface area contributed by atoms with Crippen molar-refractivity contribution in [2.75, 3.05) is 5.32 Å². The van der Waals surface area contributed by atoms with Crippen molar-refractivity contribution in [3.63, 3.8) is 0 Å². The second-order valence-electron chi connectivity index (χ2n) is 3.43. The zero-order valence-corrected chi connectivity index (χ0v) is 8.95. The first kappa shape index (κ1) is 12.1. The Kier molecular flexibility index (Phi) is 3.27. The summed E-state index contributed by atoms with van der Waals surface area (Å²) in [6.07, 6.45) is 0. The van der Waals surface area contributed by atoms with Crippen LogP contribution in [0.25, 0.3) is 0 Å². The van der Waals surface area contributed by atoms with Crippen LogP contribution in [0.5, 0.6) is 0 Å². The molecule has 0 spiro atoms. The highest BCUT2D eigenvalue weighted by molar-refractivity contribution is 6.03. The maximum absolute atomic E-state index is 12.9. The molecule has 0 saturated heterocycles. The standard InChI is InChI=1S/C12H7F3N2O/c13-8-5-4-7(6-9(8)14)12(18)17-11-3-1-2-10(15)16-11/h1-6H,(H,16,17,18). The molecule has 1 N–H and O–H groups in total. The molecule has 1 amide bonds. The zero-order chi connectivity index (χ0) is 13.1. The molecule has 0 aliphatic heterocycles. The van der Waals surface area contributed by atoms with Crippen molar-refractivity contribution >= 4 is 11.7 Å². The molecular weight excluding hydrogens is 245 g/mol. The summed E-state index contributed by atoms with van der Waals surface area (Å²) < 4.78 is 38.4. The highest BCUT2D eigenvalue weighted by Crippen LogP contribution is 2.11. The molecule has 0 radical (unpaired) electrons. The van der Waals surface area contributed by atoms with Gasteiger partial charge in [-0.25, -0.2) is 13.8 Å². The Bertz CT molecular complexity index is 602. The average Bonchev–Trinajstić information content (AvgIpc) is 2.32. The molecule has 0 bridgehead atoms. The number of carbonyl (C=O) groups is 1. The topological polar surface area (TPSA) is 42.0 Å². The molecule has 1 aromatic carbocycles. The molecule has 0 aliphatic carbocycles. The van der Waals surface area contributed by atoms with E-state index in [0.29, 0.717) is 0 Å². The van der Waals surface area contributed by atoms with Crippen molar-refractivity contribution in [1.29, 1.82) is 0 Å². The van der Waals surface area contributed by atoms with Crippen LogP contribution in [-0.4, -0.2) is 10.9 Å². The monoisotopic (exact) mass is 252 g/mol. The lowest BCUT2D eigenvalue weighted by Crippen LogP contribution is -2.13.